The van der Waals surface area contributed by atoms with Crippen molar-refractivity contribution in [1.82, 2.24) is 5.32 Å². The number of fused-ring (bicyclic) bond motifs is 3. The lowest BCUT2D eigenvalue weighted by molar-refractivity contribution is -0.390. The van der Waals surface area contributed by atoms with E-state index in [9.17, 15) is 23.7 Å². The van der Waals surface area contributed by atoms with Crippen molar-refractivity contribution in [3.05, 3.63) is 99.1 Å². The van der Waals surface area contributed by atoms with Gasteiger partial charge in [0.2, 0.25) is 11.6 Å². The maximum atomic E-state index is 13.6. The Bertz CT molecular complexity index is 1230. The predicted molar refractivity (Wildman–Crippen MR) is 118 cm³/mol. The molecule has 166 valence electrons. The summed E-state index contributed by atoms with van der Waals surface area (Å²) in [5, 5.41) is 13.2. The van der Waals surface area contributed by atoms with Crippen LogP contribution in [-0.2, 0) is 4.74 Å². The van der Waals surface area contributed by atoms with Crippen LogP contribution in [-0.4, -0.2) is 24.2 Å². The molecule has 1 aliphatic carbocycles. The van der Waals surface area contributed by atoms with Gasteiger partial charge in [0, 0.05) is 24.4 Å². The number of rotatable bonds is 5. The van der Waals surface area contributed by atoms with Gasteiger partial charge in [0.05, 0.1) is 4.92 Å². The predicted octanol–water partition coefficient (Wildman–Crippen LogP) is 5.15. The number of hydrogen-bond donors (Lipinski definition) is 1. The maximum absolute atomic E-state index is 13.6. The fourth-order valence-corrected chi connectivity index (χ4v) is 3.85. The van der Waals surface area contributed by atoms with E-state index in [2.05, 4.69) is 29.3 Å². The van der Waals surface area contributed by atoms with Crippen LogP contribution in [0.2, 0.25) is 0 Å². The number of carbonyl (C=O) groups excluding carboxylic acids is 1. The molecule has 0 atom stereocenters. The quantitative estimate of drug-likeness (QED) is 0.253. The third kappa shape index (κ3) is 4.67. The van der Waals surface area contributed by atoms with E-state index in [4.69, 9.17) is 4.74 Å². The smallest absolute Gasteiger partial charge is 0.407 e. The van der Waals surface area contributed by atoms with E-state index in [1.54, 1.807) is 0 Å². The van der Waals surface area contributed by atoms with E-state index in [-0.39, 0.29) is 31.1 Å². The summed E-state index contributed by atoms with van der Waals surface area (Å²) in [4.78, 5) is 21.6. The number of hydrogen-bond acceptors (Lipinski definition) is 4. The monoisotopic (exact) mass is 448 g/mol. The van der Waals surface area contributed by atoms with E-state index in [1.165, 1.54) is 0 Å². The molecule has 3 aromatic rings. The molecule has 0 heterocycles. The first-order valence-corrected chi connectivity index (χ1v) is 10.2. The number of benzene rings is 3. The SMILES string of the molecule is O=C(NCCC#Cc1cc(F)c([N+](=O)[O-])c(F)c1)OCC1c2ccccc2-c2ccccc21. The second kappa shape index (κ2) is 9.49. The fourth-order valence-electron chi connectivity index (χ4n) is 3.85. The van der Waals surface area contributed by atoms with Gasteiger partial charge in [-0.25, -0.2) is 4.79 Å². The van der Waals surface area contributed by atoms with E-state index in [0.29, 0.717) is 0 Å². The summed E-state index contributed by atoms with van der Waals surface area (Å²) < 4.78 is 32.6. The standard InChI is InChI=1S/C25H18F2N2O4/c26-22-13-16(14-23(27)24(22)29(31)32)7-5-6-12-28-25(30)33-15-21-19-10-3-1-8-17(19)18-9-2-4-11-20(18)21/h1-4,8-11,13-14,21H,6,12,15H2,(H,28,30). The van der Waals surface area contributed by atoms with Crippen LogP contribution in [0.25, 0.3) is 11.1 Å². The molecular weight excluding hydrogens is 430 g/mol. The van der Waals surface area contributed by atoms with Crippen LogP contribution in [0.4, 0.5) is 19.3 Å². The highest BCUT2D eigenvalue weighted by atomic mass is 19.1. The van der Waals surface area contributed by atoms with Crippen LogP contribution < -0.4 is 5.32 Å². The third-order valence-corrected chi connectivity index (χ3v) is 5.30. The number of nitro groups is 1. The molecule has 0 aromatic heterocycles. The van der Waals surface area contributed by atoms with Gasteiger partial charge in [-0.15, -0.1) is 0 Å². The lowest BCUT2D eigenvalue weighted by atomic mass is 9.98. The highest BCUT2D eigenvalue weighted by molar-refractivity contribution is 5.79. The average Bonchev–Trinajstić information content (AvgIpc) is 3.10. The minimum Gasteiger partial charge on any atom is -0.449 e. The van der Waals surface area contributed by atoms with Crippen molar-refractivity contribution in [2.45, 2.75) is 12.3 Å². The molecule has 3 aromatic carbocycles. The summed E-state index contributed by atoms with van der Waals surface area (Å²) in [6.07, 6.45) is -0.393. The highest BCUT2D eigenvalue weighted by Gasteiger charge is 2.29. The molecule has 1 aliphatic rings. The van der Waals surface area contributed by atoms with Crippen molar-refractivity contribution in [3.63, 3.8) is 0 Å². The van der Waals surface area contributed by atoms with Crippen molar-refractivity contribution in [2.24, 2.45) is 0 Å². The zero-order valence-electron chi connectivity index (χ0n) is 17.3. The molecular formula is C25H18F2N2O4. The summed E-state index contributed by atoms with van der Waals surface area (Å²) in [6, 6.07) is 17.6. The lowest BCUT2D eigenvalue weighted by Crippen LogP contribution is -2.26. The summed E-state index contributed by atoms with van der Waals surface area (Å²) in [6.45, 7) is 0.356. The lowest BCUT2D eigenvalue weighted by Gasteiger charge is -2.14. The van der Waals surface area contributed by atoms with Crippen LogP contribution in [0.1, 0.15) is 29.0 Å². The first-order valence-electron chi connectivity index (χ1n) is 10.2. The second-order valence-electron chi connectivity index (χ2n) is 7.35. The molecule has 8 heteroatoms. The summed E-state index contributed by atoms with van der Waals surface area (Å²) in [7, 11) is 0. The van der Waals surface area contributed by atoms with Gasteiger partial charge in [-0.1, -0.05) is 60.4 Å². The molecule has 0 saturated carbocycles. The van der Waals surface area contributed by atoms with Gasteiger partial charge in [-0.2, -0.15) is 8.78 Å². The van der Waals surface area contributed by atoms with E-state index < -0.39 is 28.3 Å². The minimum absolute atomic E-state index is 0.0308. The molecule has 0 saturated heterocycles. The number of alkyl carbamates (subject to hydrolysis) is 1. The number of amides is 1. The largest absolute Gasteiger partial charge is 0.449 e. The van der Waals surface area contributed by atoms with Gasteiger partial charge in [0.15, 0.2) is 0 Å². The molecule has 6 nitrogen and oxygen atoms in total. The second-order valence-corrected chi connectivity index (χ2v) is 7.35. The summed E-state index contributed by atoms with van der Waals surface area (Å²) in [5.74, 6) is 2.55. The van der Waals surface area contributed by atoms with Crippen LogP contribution >= 0.6 is 0 Å². The van der Waals surface area contributed by atoms with Crippen molar-refractivity contribution in [1.29, 1.82) is 0 Å². The van der Waals surface area contributed by atoms with Gasteiger partial charge in [0.25, 0.3) is 0 Å². The normalized spacial score (nSPS) is 11.7. The van der Waals surface area contributed by atoms with Crippen LogP contribution in [0, 0.1) is 33.6 Å². The molecule has 0 radical (unpaired) electrons. The number of nitrogens with one attached hydrogen (secondary N) is 1. The average molecular weight is 448 g/mol. The van der Waals surface area contributed by atoms with Crippen LogP contribution in [0.5, 0.6) is 0 Å². The summed E-state index contributed by atoms with van der Waals surface area (Å²) in [5.41, 5.74) is 3.25. The molecule has 0 unspecified atom stereocenters. The fraction of sp³-hybridized carbons (Fsp3) is 0.160. The number of halogens is 2. The molecule has 33 heavy (non-hydrogen) atoms. The number of ether oxygens (including phenoxy) is 1. The first kappa shape index (κ1) is 22.0. The van der Waals surface area contributed by atoms with E-state index >= 15 is 0 Å². The number of carbonyl (C=O) groups is 1. The van der Waals surface area contributed by atoms with Crippen molar-refractivity contribution in [2.75, 3.05) is 13.2 Å². The topological polar surface area (TPSA) is 81.5 Å². The Morgan fingerprint density at radius 1 is 1.03 bits per heavy atom. The maximum Gasteiger partial charge on any atom is 0.407 e. The Hall–Kier alpha value is -4.25. The Balaban J connectivity index is 1.29. The highest BCUT2D eigenvalue weighted by Crippen LogP contribution is 2.44. The molecule has 0 bridgehead atoms. The van der Waals surface area contributed by atoms with Crippen molar-refractivity contribution in [3.8, 4) is 23.0 Å². The van der Waals surface area contributed by atoms with Crippen molar-refractivity contribution < 1.29 is 23.2 Å². The van der Waals surface area contributed by atoms with Crippen molar-refractivity contribution >= 4 is 11.8 Å². The molecule has 1 amide bonds. The molecule has 0 aliphatic heterocycles. The Kier molecular flexibility index (Phi) is 6.31. The van der Waals surface area contributed by atoms with Gasteiger partial charge < -0.3 is 10.1 Å². The number of nitrogens with zero attached hydrogens (tertiary/aromatic N) is 1. The molecule has 1 N–H and O–H groups in total. The Labute approximate surface area is 188 Å². The van der Waals surface area contributed by atoms with E-state index in [1.807, 2.05) is 36.4 Å². The van der Waals surface area contributed by atoms with Gasteiger partial charge in [-0.3, -0.25) is 10.1 Å². The third-order valence-electron chi connectivity index (χ3n) is 5.30. The van der Waals surface area contributed by atoms with Crippen LogP contribution in [0.15, 0.2) is 60.7 Å². The van der Waals surface area contributed by atoms with Gasteiger partial charge in [0.1, 0.15) is 6.61 Å². The van der Waals surface area contributed by atoms with Gasteiger partial charge >= 0.3 is 11.8 Å². The molecule has 0 fully saturated rings. The van der Waals surface area contributed by atoms with Gasteiger partial charge in [-0.05, 0) is 34.4 Å². The number of nitro benzene ring substituents is 1. The Morgan fingerprint density at radius 2 is 1.61 bits per heavy atom. The summed E-state index contributed by atoms with van der Waals surface area (Å²) >= 11 is 0. The van der Waals surface area contributed by atoms with Crippen LogP contribution in [0.3, 0.4) is 0 Å². The molecule has 0 spiro atoms. The first-order chi connectivity index (χ1) is 16.0. The minimum atomic E-state index is -1.29. The zero-order valence-corrected chi connectivity index (χ0v) is 17.3. The zero-order chi connectivity index (χ0) is 23.4. The Morgan fingerprint density at radius 3 is 2.18 bits per heavy atom. The van der Waals surface area contributed by atoms with E-state index in [0.717, 1.165) is 34.4 Å². The molecule has 4 rings (SSSR count).